The molecule has 0 heterocycles. The molecule has 1 rings (SSSR count). The van der Waals surface area contributed by atoms with Crippen molar-refractivity contribution in [2.24, 2.45) is 5.73 Å². The summed E-state index contributed by atoms with van der Waals surface area (Å²) in [6.07, 6.45) is -4.33. The highest BCUT2D eigenvalue weighted by Crippen LogP contribution is 2.24. The SMILES string of the molecule is CCOc1ccccc1C(N)COCC(F)(F)F. The molecule has 0 saturated heterocycles. The van der Waals surface area contributed by atoms with Gasteiger partial charge in [-0.2, -0.15) is 13.2 Å². The van der Waals surface area contributed by atoms with Gasteiger partial charge in [-0.15, -0.1) is 0 Å². The van der Waals surface area contributed by atoms with E-state index in [0.29, 0.717) is 17.9 Å². The first-order valence-electron chi connectivity index (χ1n) is 5.56. The fourth-order valence-electron chi connectivity index (χ4n) is 1.47. The number of ether oxygens (including phenoxy) is 2. The lowest BCUT2D eigenvalue weighted by atomic mass is 10.1. The van der Waals surface area contributed by atoms with Crippen LogP contribution in [0.25, 0.3) is 0 Å². The molecule has 18 heavy (non-hydrogen) atoms. The van der Waals surface area contributed by atoms with E-state index in [2.05, 4.69) is 4.74 Å². The Kier molecular flexibility index (Phi) is 5.43. The molecule has 0 spiro atoms. The molecule has 0 fully saturated rings. The van der Waals surface area contributed by atoms with Gasteiger partial charge < -0.3 is 15.2 Å². The second-order valence-corrected chi connectivity index (χ2v) is 3.71. The van der Waals surface area contributed by atoms with Gasteiger partial charge in [-0.05, 0) is 13.0 Å². The number of alkyl halides is 3. The minimum atomic E-state index is -4.33. The third-order valence-electron chi connectivity index (χ3n) is 2.18. The summed E-state index contributed by atoms with van der Waals surface area (Å²) in [5, 5.41) is 0. The van der Waals surface area contributed by atoms with Crippen LogP contribution in [0.5, 0.6) is 5.75 Å². The topological polar surface area (TPSA) is 44.5 Å². The zero-order valence-electron chi connectivity index (χ0n) is 10.0. The minimum Gasteiger partial charge on any atom is -0.494 e. The van der Waals surface area contributed by atoms with Gasteiger partial charge in [0.15, 0.2) is 0 Å². The van der Waals surface area contributed by atoms with Gasteiger partial charge in [-0.25, -0.2) is 0 Å². The van der Waals surface area contributed by atoms with E-state index in [4.69, 9.17) is 10.5 Å². The van der Waals surface area contributed by atoms with Gasteiger partial charge in [0.1, 0.15) is 12.4 Å². The van der Waals surface area contributed by atoms with Crippen LogP contribution >= 0.6 is 0 Å². The van der Waals surface area contributed by atoms with Gasteiger partial charge in [-0.1, -0.05) is 18.2 Å². The molecule has 0 aromatic heterocycles. The summed E-state index contributed by atoms with van der Waals surface area (Å²) < 4.78 is 45.6. The lowest BCUT2D eigenvalue weighted by Crippen LogP contribution is -2.23. The first-order chi connectivity index (χ1) is 8.44. The molecule has 0 radical (unpaired) electrons. The molecule has 1 aromatic rings. The summed E-state index contributed by atoms with van der Waals surface area (Å²) in [6.45, 7) is 0.788. The van der Waals surface area contributed by atoms with Crippen LogP contribution in [-0.4, -0.2) is 26.0 Å². The summed E-state index contributed by atoms with van der Waals surface area (Å²) in [4.78, 5) is 0. The van der Waals surface area contributed by atoms with Crippen LogP contribution in [-0.2, 0) is 4.74 Å². The first kappa shape index (κ1) is 14.8. The molecule has 1 aromatic carbocycles. The van der Waals surface area contributed by atoms with Gasteiger partial charge in [0.25, 0.3) is 0 Å². The van der Waals surface area contributed by atoms with Crippen molar-refractivity contribution in [2.45, 2.75) is 19.1 Å². The van der Waals surface area contributed by atoms with Crippen molar-refractivity contribution < 1.29 is 22.6 Å². The molecule has 0 aliphatic heterocycles. The van der Waals surface area contributed by atoms with Gasteiger partial charge >= 0.3 is 6.18 Å². The van der Waals surface area contributed by atoms with E-state index in [1.165, 1.54) is 0 Å². The lowest BCUT2D eigenvalue weighted by molar-refractivity contribution is -0.174. The van der Waals surface area contributed by atoms with Crippen molar-refractivity contribution >= 4 is 0 Å². The number of hydrogen-bond acceptors (Lipinski definition) is 3. The third kappa shape index (κ3) is 4.93. The molecule has 3 nitrogen and oxygen atoms in total. The monoisotopic (exact) mass is 263 g/mol. The van der Waals surface area contributed by atoms with E-state index in [-0.39, 0.29) is 6.61 Å². The summed E-state index contributed by atoms with van der Waals surface area (Å²) in [5.41, 5.74) is 6.42. The van der Waals surface area contributed by atoms with Crippen LogP contribution < -0.4 is 10.5 Å². The van der Waals surface area contributed by atoms with E-state index in [1.807, 2.05) is 6.92 Å². The highest BCUT2D eigenvalue weighted by molar-refractivity contribution is 5.35. The summed E-state index contributed by atoms with van der Waals surface area (Å²) in [5.74, 6) is 0.572. The molecule has 0 aliphatic rings. The fourth-order valence-corrected chi connectivity index (χ4v) is 1.47. The Hall–Kier alpha value is -1.27. The normalized spacial score (nSPS) is 13.4. The summed E-state index contributed by atoms with van der Waals surface area (Å²) >= 11 is 0. The molecule has 1 unspecified atom stereocenters. The Morgan fingerprint density at radius 3 is 2.56 bits per heavy atom. The van der Waals surface area contributed by atoms with Crippen LogP contribution in [0.15, 0.2) is 24.3 Å². The molecule has 102 valence electrons. The Labute approximate surface area is 104 Å². The molecule has 6 heteroatoms. The molecule has 0 bridgehead atoms. The maximum Gasteiger partial charge on any atom is 0.411 e. The average Bonchev–Trinajstić information content (AvgIpc) is 2.28. The van der Waals surface area contributed by atoms with Crippen LogP contribution in [0.4, 0.5) is 13.2 Å². The van der Waals surface area contributed by atoms with E-state index < -0.39 is 18.8 Å². The second kappa shape index (κ2) is 6.61. The number of nitrogens with two attached hydrogens (primary N) is 1. The molecular formula is C12H16F3NO2. The van der Waals surface area contributed by atoms with Gasteiger partial charge in [0, 0.05) is 5.56 Å². The molecule has 2 N–H and O–H groups in total. The second-order valence-electron chi connectivity index (χ2n) is 3.71. The van der Waals surface area contributed by atoms with Crippen molar-refractivity contribution in [1.29, 1.82) is 0 Å². The van der Waals surface area contributed by atoms with Crippen molar-refractivity contribution in [2.75, 3.05) is 19.8 Å². The van der Waals surface area contributed by atoms with E-state index in [1.54, 1.807) is 24.3 Å². The molecular weight excluding hydrogens is 247 g/mol. The third-order valence-corrected chi connectivity index (χ3v) is 2.18. The maximum atomic E-state index is 11.9. The van der Waals surface area contributed by atoms with Crippen molar-refractivity contribution in [3.05, 3.63) is 29.8 Å². The number of rotatable bonds is 6. The Balaban J connectivity index is 2.58. The zero-order chi connectivity index (χ0) is 13.6. The van der Waals surface area contributed by atoms with E-state index in [0.717, 1.165) is 0 Å². The lowest BCUT2D eigenvalue weighted by Gasteiger charge is -2.17. The zero-order valence-corrected chi connectivity index (χ0v) is 10.0. The Morgan fingerprint density at radius 1 is 1.28 bits per heavy atom. The van der Waals surface area contributed by atoms with E-state index in [9.17, 15) is 13.2 Å². The van der Waals surface area contributed by atoms with Gasteiger partial charge in [0.05, 0.1) is 19.3 Å². The van der Waals surface area contributed by atoms with Crippen LogP contribution in [0, 0.1) is 0 Å². The minimum absolute atomic E-state index is 0.205. The van der Waals surface area contributed by atoms with Gasteiger partial charge in [-0.3, -0.25) is 0 Å². The predicted octanol–water partition coefficient (Wildman–Crippen LogP) is 2.66. The standard InChI is InChI=1S/C12H16F3NO2/c1-2-18-11-6-4-3-5-9(11)10(16)7-17-8-12(13,14)15/h3-6,10H,2,7-8,16H2,1H3. The van der Waals surface area contributed by atoms with Crippen molar-refractivity contribution in [1.82, 2.24) is 0 Å². The summed E-state index contributed by atoms with van der Waals surface area (Å²) in [6, 6.07) is 6.32. The maximum absolute atomic E-state index is 11.9. The average molecular weight is 263 g/mol. The molecule has 0 aliphatic carbocycles. The predicted molar refractivity (Wildman–Crippen MR) is 61.4 cm³/mol. The van der Waals surface area contributed by atoms with Crippen molar-refractivity contribution in [3.63, 3.8) is 0 Å². The number of hydrogen-bond donors (Lipinski definition) is 1. The quantitative estimate of drug-likeness (QED) is 0.858. The number of halogens is 3. The van der Waals surface area contributed by atoms with Crippen LogP contribution in [0.1, 0.15) is 18.5 Å². The largest absolute Gasteiger partial charge is 0.494 e. The Bertz CT molecular complexity index is 369. The highest BCUT2D eigenvalue weighted by Gasteiger charge is 2.28. The summed E-state index contributed by atoms with van der Waals surface area (Å²) in [7, 11) is 0. The van der Waals surface area contributed by atoms with Crippen LogP contribution in [0.2, 0.25) is 0 Å². The number of benzene rings is 1. The van der Waals surface area contributed by atoms with Crippen LogP contribution in [0.3, 0.4) is 0 Å². The van der Waals surface area contributed by atoms with Gasteiger partial charge in [0.2, 0.25) is 0 Å². The number of para-hydroxylation sites is 1. The van der Waals surface area contributed by atoms with Crippen molar-refractivity contribution in [3.8, 4) is 5.75 Å². The first-order valence-corrected chi connectivity index (χ1v) is 5.56. The smallest absolute Gasteiger partial charge is 0.411 e. The molecule has 0 amide bonds. The fraction of sp³-hybridized carbons (Fsp3) is 0.500. The van der Waals surface area contributed by atoms with E-state index >= 15 is 0 Å². The highest BCUT2D eigenvalue weighted by atomic mass is 19.4. The molecule has 0 saturated carbocycles. The Morgan fingerprint density at radius 2 is 1.94 bits per heavy atom. The molecule has 1 atom stereocenters.